The van der Waals surface area contributed by atoms with Crippen molar-refractivity contribution >= 4 is 23.4 Å². The monoisotopic (exact) mass is 285 g/mol. The van der Waals surface area contributed by atoms with E-state index in [4.69, 9.17) is 22.2 Å². The zero-order valence-corrected chi connectivity index (χ0v) is 12.2. The summed E-state index contributed by atoms with van der Waals surface area (Å²) in [6, 6.07) is 0.266. The molecule has 1 aromatic rings. The number of nitrogens with two attached hydrogens (primary N) is 1. The van der Waals surface area contributed by atoms with Crippen molar-refractivity contribution in [3.8, 4) is 0 Å². The van der Waals surface area contributed by atoms with Crippen LogP contribution in [0.15, 0.2) is 6.20 Å². The number of halogens is 1. The van der Waals surface area contributed by atoms with Crippen molar-refractivity contribution in [3.63, 3.8) is 0 Å². The Labute approximate surface area is 118 Å². The average molecular weight is 286 g/mol. The fourth-order valence-electron chi connectivity index (χ4n) is 2.32. The zero-order valence-electron chi connectivity index (χ0n) is 11.4. The molecule has 106 valence electrons. The molecule has 0 bridgehead atoms. The molecule has 1 heterocycles. The van der Waals surface area contributed by atoms with E-state index in [1.165, 1.54) is 6.20 Å². The van der Waals surface area contributed by atoms with E-state index < -0.39 is 0 Å². The first-order valence-electron chi connectivity index (χ1n) is 6.36. The lowest BCUT2D eigenvalue weighted by molar-refractivity contribution is -0.0976. The van der Waals surface area contributed by atoms with Gasteiger partial charge in [-0.25, -0.2) is 10.8 Å². The van der Waals surface area contributed by atoms with Crippen molar-refractivity contribution in [2.75, 3.05) is 17.3 Å². The minimum atomic E-state index is 0.0423. The molecule has 7 heteroatoms. The molecule has 0 aliphatic heterocycles. The molecular formula is C12H20ClN5O. The summed E-state index contributed by atoms with van der Waals surface area (Å²) in [6.07, 6.45) is 2.73. The number of hydrogen-bond acceptors (Lipinski definition) is 6. The van der Waals surface area contributed by atoms with Gasteiger partial charge in [-0.15, -0.1) is 0 Å². The van der Waals surface area contributed by atoms with Crippen LogP contribution in [-0.2, 0) is 4.74 Å². The summed E-state index contributed by atoms with van der Waals surface area (Å²) >= 11 is 6.08. The number of rotatable bonds is 5. The Morgan fingerprint density at radius 2 is 2.32 bits per heavy atom. The van der Waals surface area contributed by atoms with Gasteiger partial charge in [0.05, 0.1) is 12.3 Å². The molecule has 0 radical (unpaired) electrons. The Morgan fingerprint density at radius 1 is 1.58 bits per heavy atom. The molecule has 6 nitrogen and oxygen atoms in total. The summed E-state index contributed by atoms with van der Waals surface area (Å²) in [5, 5.41) is 3.82. The van der Waals surface area contributed by atoms with Gasteiger partial charge < -0.3 is 10.1 Å². The minimum absolute atomic E-state index is 0.0423. The second-order valence-corrected chi connectivity index (χ2v) is 5.64. The molecule has 1 aliphatic carbocycles. The Hall–Kier alpha value is -1.11. The number of aromatic nitrogens is 2. The first-order valence-corrected chi connectivity index (χ1v) is 6.74. The lowest BCUT2D eigenvalue weighted by Crippen LogP contribution is -2.58. The number of nitrogen functional groups attached to an aromatic ring is 1. The van der Waals surface area contributed by atoms with Crippen molar-refractivity contribution in [3.05, 3.63) is 11.2 Å². The maximum atomic E-state index is 6.08. The number of nitrogens with zero attached hydrogens (tertiary/aromatic N) is 2. The van der Waals surface area contributed by atoms with Gasteiger partial charge in [-0.3, -0.25) is 5.43 Å². The standard InChI is InChI=1S/C12H20ClN5O/c1-4-19-9-5-8(12(9,2)3)16-10-7(13)6-15-11(17-10)18-14/h6,8-9H,4-5,14H2,1-3H3,(H2,15,16,17,18). The minimum Gasteiger partial charge on any atom is -0.378 e. The topological polar surface area (TPSA) is 85.1 Å². The molecule has 4 N–H and O–H groups in total. The van der Waals surface area contributed by atoms with Gasteiger partial charge in [-0.2, -0.15) is 4.98 Å². The van der Waals surface area contributed by atoms with Gasteiger partial charge in [0.2, 0.25) is 5.95 Å². The van der Waals surface area contributed by atoms with Crippen molar-refractivity contribution in [2.24, 2.45) is 11.3 Å². The maximum absolute atomic E-state index is 6.08. The van der Waals surface area contributed by atoms with Crippen LogP contribution in [0.25, 0.3) is 0 Å². The van der Waals surface area contributed by atoms with Crippen molar-refractivity contribution < 1.29 is 4.74 Å². The number of nitrogens with one attached hydrogen (secondary N) is 2. The van der Waals surface area contributed by atoms with Crippen LogP contribution < -0.4 is 16.6 Å². The van der Waals surface area contributed by atoms with Crippen LogP contribution in [0.1, 0.15) is 27.2 Å². The van der Waals surface area contributed by atoms with Crippen LogP contribution >= 0.6 is 11.6 Å². The quantitative estimate of drug-likeness (QED) is 0.567. The summed E-state index contributed by atoms with van der Waals surface area (Å²) in [5.41, 5.74) is 2.45. The van der Waals surface area contributed by atoms with Crippen LogP contribution in [0.3, 0.4) is 0 Å². The van der Waals surface area contributed by atoms with Gasteiger partial charge in [0.1, 0.15) is 5.02 Å². The van der Waals surface area contributed by atoms with E-state index >= 15 is 0 Å². The van der Waals surface area contributed by atoms with Crippen molar-refractivity contribution in [2.45, 2.75) is 39.3 Å². The molecule has 0 spiro atoms. The highest BCUT2D eigenvalue weighted by atomic mass is 35.5. The van der Waals surface area contributed by atoms with E-state index in [0.29, 0.717) is 16.8 Å². The smallest absolute Gasteiger partial charge is 0.239 e. The largest absolute Gasteiger partial charge is 0.378 e. The Bertz CT molecular complexity index is 454. The lowest BCUT2D eigenvalue weighted by atomic mass is 9.64. The fraction of sp³-hybridized carbons (Fsp3) is 0.667. The van der Waals surface area contributed by atoms with Crippen LogP contribution in [0, 0.1) is 5.41 Å². The van der Waals surface area contributed by atoms with Crippen molar-refractivity contribution in [1.82, 2.24) is 9.97 Å². The lowest BCUT2D eigenvalue weighted by Gasteiger charge is -2.51. The summed E-state index contributed by atoms with van der Waals surface area (Å²) in [6.45, 7) is 7.09. The maximum Gasteiger partial charge on any atom is 0.239 e. The first-order chi connectivity index (χ1) is 8.98. The van der Waals surface area contributed by atoms with Crippen LogP contribution in [0.2, 0.25) is 5.02 Å². The van der Waals surface area contributed by atoms with E-state index in [1.807, 2.05) is 6.92 Å². The third kappa shape index (κ3) is 2.75. The number of hydrazine groups is 1. The number of hydrogen-bond donors (Lipinski definition) is 3. The zero-order chi connectivity index (χ0) is 14.0. The second kappa shape index (κ2) is 5.48. The van der Waals surface area contributed by atoms with E-state index in [0.717, 1.165) is 13.0 Å². The molecule has 1 aliphatic rings. The van der Waals surface area contributed by atoms with Gasteiger partial charge >= 0.3 is 0 Å². The van der Waals surface area contributed by atoms with E-state index in [2.05, 4.69) is 34.6 Å². The molecule has 2 rings (SSSR count). The molecule has 0 amide bonds. The molecule has 1 saturated carbocycles. The highest BCUT2D eigenvalue weighted by molar-refractivity contribution is 6.32. The van der Waals surface area contributed by atoms with Gasteiger partial charge in [0, 0.05) is 18.1 Å². The Kier molecular flexibility index (Phi) is 4.13. The number of anilines is 2. The highest BCUT2D eigenvalue weighted by Gasteiger charge is 2.49. The molecule has 1 fully saturated rings. The molecule has 19 heavy (non-hydrogen) atoms. The van der Waals surface area contributed by atoms with E-state index in [1.54, 1.807) is 0 Å². The molecule has 0 aromatic carbocycles. The summed E-state index contributed by atoms with van der Waals surface area (Å²) in [7, 11) is 0. The van der Waals surface area contributed by atoms with Gasteiger partial charge in [0.15, 0.2) is 5.82 Å². The second-order valence-electron chi connectivity index (χ2n) is 5.23. The first kappa shape index (κ1) is 14.3. The number of ether oxygens (including phenoxy) is 1. The fourth-order valence-corrected chi connectivity index (χ4v) is 2.46. The normalized spacial score (nSPS) is 24.7. The molecule has 0 saturated heterocycles. The molecule has 1 aromatic heterocycles. The average Bonchev–Trinajstić information content (AvgIpc) is 2.39. The summed E-state index contributed by atoms with van der Waals surface area (Å²) < 4.78 is 5.70. The van der Waals surface area contributed by atoms with Crippen molar-refractivity contribution in [1.29, 1.82) is 0 Å². The summed E-state index contributed by atoms with van der Waals surface area (Å²) in [5.74, 6) is 6.23. The summed E-state index contributed by atoms with van der Waals surface area (Å²) in [4.78, 5) is 8.16. The van der Waals surface area contributed by atoms with Gasteiger partial charge in [-0.05, 0) is 13.3 Å². The van der Waals surface area contributed by atoms with Gasteiger partial charge in [-0.1, -0.05) is 25.4 Å². The SMILES string of the molecule is CCOC1CC(Nc2nc(NN)ncc2Cl)C1(C)C. The Morgan fingerprint density at radius 3 is 2.89 bits per heavy atom. The van der Waals surface area contributed by atoms with E-state index in [9.17, 15) is 0 Å². The predicted molar refractivity (Wildman–Crippen MR) is 76.1 cm³/mol. The third-order valence-electron chi connectivity index (χ3n) is 3.73. The van der Waals surface area contributed by atoms with Crippen LogP contribution in [0.4, 0.5) is 11.8 Å². The van der Waals surface area contributed by atoms with Crippen LogP contribution in [0.5, 0.6) is 0 Å². The molecule has 2 unspecified atom stereocenters. The molecule has 2 atom stereocenters. The van der Waals surface area contributed by atoms with E-state index in [-0.39, 0.29) is 17.6 Å². The Balaban J connectivity index is 2.07. The highest BCUT2D eigenvalue weighted by Crippen LogP contribution is 2.44. The van der Waals surface area contributed by atoms with Gasteiger partial charge in [0.25, 0.3) is 0 Å². The predicted octanol–water partition coefficient (Wildman–Crippen LogP) is 2.03. The molecular weight excluding hydrogens is 266 g/mol. The third-order valence-corrected chi connectivity index (χ3v) is 4.01. The van der Waals surface area contributed by atoms with Crippen LogP contribution in [-0.4, -0.2) is 28.7 Å².